The molecule has 2 saturated heterocycles. The average Bonchev–Trinajstić information content (AvgIpc) is 3.54. The lowest BCUT2D eigenvalue weighted by Crippen LogP contribution is -2.53. The number of amides is 3. The molecule has 5 rings (SSSR count). The highest BCUT2D eigenvalue weighted by Gasteiger charge is 2.52. The van der Waals surface area contributed by atoms with Crippen LogP contribution in [0.5, 0.6) is 11.5 Å². The lowest BCUT2D eigenvalue weighted by Gasteiger charge is -2.28. The molecule has 0 radical (unpaired) electrons. The first kappa shape index (κ1) is 26.0. The van der Waals surface area contributed by atoms with Crippen LogP contribution in [0.25, 0.3) is 0 Å². The van der Waals surface area contributed by atoms with Crippen LogP contribution in [0.1, 0.15) is 32.7 Å². The quantitative estimate of drug-likeness (QED) is 0.488. The Bertz CT molecular complexity index is 1390. The van der Waals surface area contributed by atoms with Gasteiger partial charge in [-0.1, -0.05) is 36.4 Å². The van der Waals surface area contributed by atoms with E-state index in [0.29, 0.717) is 29.8 Å². The summed E-state index contributed by atoms with van der Waals surface area (Å²) in [5, 5.41) is 12.5. The number of hydrogen-bond donors (Lipinski definition) is 2. The molecule has 9 nitrogen and oxygen atoms in total. The number of Topliss-reactive ketones (excluding diaryl/α,β-unsaturated/α-hetero) is 1. The van der Waals surface area contributed by atoms with Gasteiger partial charge in [0, 0.05) is 24.1 Å². The number of ether oxygens (including phenoxy) is 1. The predicted molar refractivity (Wildman–Crippen MR) is 142 cm³/mol. The van der Waals surface area contributed by atoms with E-state index in [2.05, 4.69) is 5.32 Å². The van der Waals surface area contributed by atoms with Crippen LogP contribution in [0.2, 0.25) is 0 Å². The SMILES string of the molecule is COc1cccc(C(=O)N[C@@H](Cc2ccc(O)cc2)C(=O)N2CCC3[C@H]2C(=O)CN3C(=O)c2ccccc2)c1. The third-order valence-corrected chi connectivity index (χ3v) is 7.30. The number of nitrogens with one attached hydrogen (secondary N) is 1. The Morgan fingerprint density at radius 3 is 2.41 bits per heavy atom. The van der Waals surface area contributed by atoms with Gasteiger partial charge in [-0.2, -0.15) is 0 Å². The highest BCUT2D eigenvalue weighted by Crippen LogP contribution is 2.31. The number of carbonyl (C=O) groups is 4. The van der Waals surface area contributed by atoms with Crippen molar-refractivity contribution in [3.63, 3.8) is 0 Å². The molecule has 2 N–H and O–H groups in total. The fourth-order valence-corrected chi connectivity index (χ4v) is 5.36. The Kier molecular flexibility index (Phi) is 7.31. The second-order valence-electron chi connectivity index (χ2n) is 9.73. The van der Waals surface area contributed by atoms with Crippen LogP contribution in [0.3, 0.4) is 0 Å². The van der Waals surface area contributed by atoms with Gasteiger partial charge in [-0.15, -0.1) is 0 Å². The summed E-state index contributed by atoms with van der Waals surface area (Å²) in [6.45, 7) is 0.227. The minimum Gasteiger partial charge on any atom is -0.508 e. The molecule has 2 aliphatic heterocycles. The molecule has 0 spiro atoms. The molecular weight excluding hydrogens is 498 g/mol. The second kappa shape index (κ2) is 11.0. The fourth-order valence-electron chi connectivity index (χ4n) is 5.36. The molecule has 0 bridgehead atoms. The maximum Gasteiger partial charge on any atom is 0.254 e. The minimum absolute atomic E-state index is 0.0639. The maximum atomic E-state index is 13.9. The van der Waals surface area contributed by atoms with E-state index in [1.807, 2.05) is 6.07 Å². The van der Waals surface area contributed by atoms with Gasteiger partial charge in [0.25, 0.3) is 11.8 Å². The lowest BCUT2D eigenvalue weighted by molar-refractivity contribution is -0.138. The monoisotopic (exact) mass is 527 g/mol. The number of rotatable bonds is 7. The van der Waals surface area contributed by atoms with E-state index in [1.54, 1.807) is 65.6 Å². The van der Waals surface area contributed by atoms with Crippen molar-refractivity contribution in [2.24, 2.45) is 0 Å². The number of carbonyl (C=O) groups excluding carboxylic acids is 4. The van der Waals surface area contributed by atoms with E-state index in [1.165, 1.54) is 24.1 Å². The van der Waals surface area contributed by atoms with Crippen LogP contribution in [-0.4, -0.2) is 76.7 Å². The largest absolute Gasteiger partial charge is 0.508 e. The van der Waals surface area contributed by atoms with Crippen LogP contribution >= 0.6 is 0 Å². The van der Waals surface area contributed by atoms with Gasteiger partial charge in [-0.3, -0.25) is 19.2 Å². The molecule has 200 valence electrons. The van der Waals surface area contributed by atoms with Crippen LogP contribution in [0.15, 0.2) is 78.9 Å². The van der Waals surface area contributed by atoms with E-state index in [4.69, 9.17) is 4.74 Å². The Labute approximate surface area is 226 Å². The number of nitrogens with zero attached hydrogens (tertiary/aromatic N) is 2. The minimum atomic E-state index is -0.973. The van der Waals surface area contributed by atoms with Gasteiger partial charge in [-0.25, -0.2) is 0 Å². The summed E-state index contributed by atoms with van der Waals surface area (Å²) in [6, 6.07) is 19.6. The van der Waals surface area contributed by atoms with Gasteiger partial charge in [0.15, 0.2) is 5.78 Å². The molecule has 2 fully saturated rings. The molecule has 3 aromatic rings. The first-order valence-electron chi connectivity index (χ1n) is 12.8. The number of fused-ring (bicyclic) bond motifs is 1. The van der Waals surface area contributed by atoms with Crippen molar-refractivity contribution in [2.75, 3.05) is 20.2 Å². The number of methoxy groups -OCH3 is 1. The molecule has 3 amide bonds. The van der Waals surface area contributed by atoms with Gasteiger partial charge < -0.3 is 25.0 Å². The fraction of sp³-hybridized carbons (Fsp3) is 0.267. The van der Waals surface area contributed by atoms with Gasteiger partial charge in [0.05, 0.1) is 19.7 Å². The summed E-state index contributed by atoms with van der Waals surface area (Å²) in [7, 11) is 1.50. The number of phenols is 1. The molecule has 2 heterocycles. The molecule has 0 saturated carbocycles. The predicted octanol–water partition coefficient (Wildman–Crippen LogP) is 2.44. The first-order valence-corrected chi connectivity index (χ1v) is 12.8. The van der Waals surface area contributed by atoms with Crippen LogP contribution in [-0.2, 0) is 16.0 Å². The number of phenolic OH excluding ortho intramolecular Hbond substituents is 1. The summed E-state index contributed by atoms with van der Waals surface area (Å²) in [5.41, 5.74) is 1.55. The third-order valence-electron chi connectivity index (χ3n) is 7.30. The standard InChI is InChI=1S/C30H29N3O6/c1-39-23-9-5-8-21(17-23)28(36)31-24(16-19-10-12-22(34)13-11-19)30(38)32-15-14-25-27(32)26(35)18-33(25)29(37)20-6-3-2-4-7-20/h2-13,17,24-25,27,34H,14-16,18H2,1H3,(H,31,36)/t24-,25?,27-/m0/s1. The summed E-state index contributed by atoms with van der Waals surface area (Å²) in [6.07, 6.45) is 0.625. The highest BCUT2D eigenvalue weighted by atomic mass is 16.5. The molecule has 0 aliphatic carbocycles. The van der Waals surface area contributed by atoms with Crippen LogP contribution < -0.4 is 10.1 Å². The summed E-state index contributed by atoms with van der Waals surface area (Å²) in [5.74, 6) is -0.694. The van der Waals surface area contributed by atoms with E-state index in [-0.39, 0.29) is 30.4 Å². The van der Waals surface area contributed by atoms with Gasteiger partial charge in [0.1, 0.15) is 23.6 Å². The van der Waals surface area contributed by atoms with Crippen molar-refractivity contribution in [3.8, 4) is 11.5 Å². The van der Waals surface area contributed by atoms with Crippen LogP contribution in [0, 0.1) is 0 Å². The summed E-state index contributed by atoms with van der Waals surface area (Å²) in [4.78, 5) is 56.4. The second-order valence-corrected chi connectivity index (χ2v) is 9.73. The normalized spacial score (nSPS) is 18.9. The van der Waals surface area contributed by atoms with Crippen molar-refractivity contribution >= 4 is 23.5 Å². The number of aromatic hydroxyl groups is 1. The molecule has 9 heteroatoms. The molecule has 3 aromatic carbocycles. The molecule has 2 aliphatic rings. The number of likely N-dealkylation sites (tertiary alicyclic amines) is 2. The Hall–Kier alpha value is -4.66. The zero-order valence-electron chi connectivity index (χ0n) is 21.4. The first-order chi connectivity index (χ1) is 18.9. The Morgan fingerprint density at radius 2 is 1.69 bits per heavy atom. The Morgan fingerprint density at radius 1 is 0.974 bits per heavy atom. The van der Waals surface area contributed by atoms with E-state index in [0.717, 1.165) is 5.56 Å². The van der Waals surface area contributed by atoms with E-state index in [9.17, 15) is 24.3 Å². The van der Waals surface area contributed by atoms with Crippen molar-refractivity contribution in [2.45, 2.75) is 31.0 Å². The van der Waals surface area contributed by atoms with E-state index < -0.39 is 29.9 Å². The summed E-state index contributed by atoms with van der Waals surface area (Å²) >= 11 is 0. The number of hydrogen-bond acceptors (Lipinski definition) is 6. The molecule has 0 aromatic heterocycles. The van der Waals surface area contributed by atoms with Gasteiger partial charge in [0.2, 0.25) is 5.91 Å². The van der Waals surface area contributed by atoms with Gasteiger partial charge in [-0.05, 0) is 54.4 Å². The van der Waals surface area contributed by atoms with Gasteiger partial charge >= 0.3 is 0 Å². The zero-order valence-corrected chi connectivity index (χ0v) is 21.4. The van der Waals surface area contributed by atoms with Crippen molar-refractivity contribution in [3.05, 3.63) is 95.6 Å². The third kappa shape index (κ3) is 5.34. The topological polar surface area (TPSA) is 116 Å². The maximum absolute atomic E-state index is 13.9. The molecule has 1 unspecified atom stereocenters. The average molecular weight is 528 g/mol. The van der Waals surface area contributed by atoms with E-state index >= 15 is 0 Å². The number of ketones is 1. The van der Waals surface area contributed by atoms with Crippen LogP contribution in [0.4, 0.5) is 0 Å². The van der Waals surface area contributed by atoms with Crippen molar-refractivity contribution in [1.29, 1.82) is 0 Å². The molecule has 39 heavy (non-hydrogen) atoms. The smallest absolute Gasteiger partial charge is 0.254 e. The zero-order chi connectivity index (χ0) is 27.5. The lowest BCUT2D eigenvalue weighted by atomic mass is 10.0. The van der Waals surface area contributed by atoms with Crippen molar-refractivity contribution in [1.82, 2.24) is 15.1 Å². The molecule has 3 atom stereocenters. The summed E-state index contributed by atoms with van der Waals surface area (Å²) < 4.78 is 5.22. The van der Waals surface area contributed by atoms with Crippen molar-refractivity contribution < 1.29 is 29.0 Å². The molecular formula is C30H29N3O6. The Balaban J connectivity index is 1.38. The number of benzene rings is 3. The highest BCUT2D eigenvalue weighted by molar-refractivity contribution is 6.03.